The number of thiocarbonyl (C=S) groups is 1. The van der Waals surface area contributed by atoms with E-state index in [0.717, 1.165) is 11.3 Å². The van der Waals surface area contributed by atoms with Crippen LogP contribution >= 0.6 is 12.2 Å². The number of hydrogen-bond acceptors (Lipinski definition) is 3. The molecule has 0 bridgehead atoms. The van der Waals surface area contributed by atoms with Crippen molar-refractivity contribution in [3.8, 4) is 0 Å². The molecule has 1 aromatic rings. The van der Waals surface area contributed by atoms with Crippen LogP contribution in [-0.2, 0) is 0 Å². The Hall–Kier alpha value is -1.13. The number of nitrogens with zero attached hydrogens (tertiary/aromatic N) is 1. The molecule has 0 aliphatic carbocycles. The maximum atomic E-state index is 5.83. The van der Waals surface area contributed by atoms with Crippen LogP contribution in [0.4, 0.5) is 5.69 Å². The molecule has 1 aromatic carbocycles. The molecule has 0 spiro atoms. The van der Waals surface area contributed by atoms with Crippen LogP contribution in [0.3, 0.4) is 0 Å². The first-order valence-electron chi connectivity index (χ1n) is 7.06. The summed E-state index contributed by atoms with van der Waals surface area (Å²) in [5.41, 5.74) is 9.14. The Morgan fingerprint density at radius 1 is 1.37 bits per heavy atom. The summed E-state index contributed by atoms with van der Waals surface area (Å²) in [5, 5.41) is 3.69. The normalized spacial score (nSPS) is 26.4. The number of anilines is 1. The van der Waals surface area contributed by atoms with E-state index in [-0.39, 0.29) is 0 Å². The van der Waals surface area contributed by atoms with Gasteiger partial charge < -0.3 is 11.1 Å². The molecule has 2 saturated heterocycles. The highest BCUT2D eigenvalue weighted by atomic mass is 32.1. The maximum Gasteiger partial charge on any atom is 0.106 e. The molecule has 2 aliphatic rings. The highest BCUT2D eigenvalue weighted by Gasteiger charge is 2.37. The van der Waals surface area contributed by atoms with Crippen molar-refractivity contribution in [2.75, 3.05) is 18.4 Å². The first kappa shape index (κ1) is 12.9. The van der Waals surface area contributed by atoms with E-state index in [1.54, 1.807) is 0 Å². The standard InChI is InChI=1S/C15H21N3S/c1-10-4-5-11(15(16)19)13(9-10)17-12-6-8-18-7-2-3-14(12)18/h4-5,9,12,14,17H,2-3,6-8H2,1H3,(H2,16,19). The fourth-order valence-corrected chi connectivity index (χ4v) is 3.62. The number of nitrogens with two attached hydrogens (primary N) is 1. The van der Waals surface area contributed by atoms with Crippen LogP contribution in [0.1, 0.15) is 30.4 Å². The second kappa shape index (κ2) is 5.10. The summed E-state index contributed by atoms with van der Waals surface area (Å²) in [6, 6.07) is 7.49. The van der Waals surface area contributed by atoms with Crippen LogP contribution in [-0.4, -0.2) is 35.1 Å². The van der Waals surface area contributed by atoms with Crippen LogP contribution in [0.2, 0.25) is 0 Å². The summed E-state index contributed by atoms with van der Waals surface area (Å²) >= 11 is 5.15. The van der Waals surface area contributed by atoms with Gasteiger partial charge in [0.05, 0.1) is 0 Å². The van der Waals surface area contributed by atoms with E-state index in [1.807, 2.05) is 6.07 Å². The third-order valence-corrected chi connectivity index (χ3v) is 4.61. The van der Waals surface area contributed by atoms with Gasteiger partial charge in [-0.1, -0.05) is 18.3 Å². The Balaban J connectivity index is 1.83. The van der Waals surface area contributed by atoms with Gasteiger partial charge in [-0.15, -0.1) is 0 Å². The summed E-state index contributed by atoms with van der Waals surface area (Å²) in [6.07, 6.45) is 3.86. The van der Waals surface area contributed by atoms with Crippen molar-refractivity contribution in [2.45, 2.75) is 38.3 Å². The molecule has 0 radical (unpaired) electrons. The first-order chi connectivity index (χ1) is 9.15. The van der Waals surface area contributed by atoms with Crippen molar-refractivity contribution in [3.63, 3.8) is 0 Å². The molecule has 0 saturated carbocycles. The van der Waals surface area contributed by atoms with Gasteiger partial charge in [0.1, 0.15) is 4.99 Å². The third kappa shape index (κ3) is 2.47. The Bertz CT molecular complexity index is 500. The molecule has 4 heteroatoms. The van der Waals surface area contributed by atoms with Crippen molar-refractivity contribution in [1.29, 1.82) is 0 Å². The van der Waals surface area contributed by atoms with Gasteiger partial charge in [0.15, 0.2) is 0 Å². The van der Waals surface area contributed by atoms with Crippen molar-refractivity contribution >= 4 is 22.9 Å². The number of benzene rings is 1. The lowest BCUT2D eigenvalue weighted by molar-refractivity contribution is 0.318. The molecule has 2 unspecified atom stereocenters. The molecule has 2 atom stereocenters. The molecular formula is C15H21N3S. The van der Waals surface area contributed by atoms with E-state index in [2.05, 4.69) is 29.3 Å². The Morgan fingerprint density at radius 2 is 2.21 bits per heavy atom. The van der Waals surface area contributed by atoms with E-state index in [0.29, 0.717) is 17.1 Å². The van der Waals surface area contributed by atoms with Gasteiger partial charge >= 0.3 is 0 Å². The van der Waals surface area contributed by atoms with Gasteiger partial charge in [0.25, 0.3) is 0 Å². The number of nitrogens with one attached hydrogen (secondary N) is 1. The van der Waals surface area contributed by atoms with Gasteiger partial charge in [-0.2, -0.15) is 0 Å². The second-order valence-electron chi connectivity index (χ2n) is 5.70. The summed E-state index contributed by atoms with van der Waals surface area (Å²) in [5.74, 6) is 0. The lowest BCUT2D eigenvalue weighted by Crippen LogP contribution is -2.34. The van der Waals surface area contributed by atoms with Crippen molar-refractivity contribution in [1.82, 2.24) is 4.90 Å². The molecule has 3 rings (SSSR count). The molecule has 2 aliphatic heterocycles. The zero-order chi connectivity index (χ0) is 13.4. The molecule has 2 heterocycles. The van der Waals surface area contributed by atoms with Gasteiger partial charge in [-0.05, 0) is 50.4 Å². The number of rotatable bonds is 3. The van der Waals surface area contributed by atoms with Crippen molar-refractivity contribution in [2.24, 2.45) is 5.73 Å². The summed E-state index contributed by atoms with van der Waals surface area (Å²) in [6.45, 7) is 4.58. The third-order valence-electron chi connectivity index (χ3n) is 4.39. The predicted octanol–water partition coefficient (Wildman–Crippen LogP) is 2.28. The van der Waals surface area contributed by atoms with Gasteiger partial charge in [0.2, 0.25) is 0 Å². The molecule has 2 fully saturated rings. The van der Waals surface area contributed by atoms with Crippen LogP contribution in [0.25, 0.3) is 0 Å². The molecule has 0 aromatic heterocycles. The molecule has 102 valence electrons. The average molecular weight is 275 g/mol. The van der Waals surface area contributed by atoms with Crippen molar-refractivity contribution in [3.05, 3.63) is 29.3 Å². The lowest BCUT2D eigenvalue weighted by atomic mass is 10.0. The fourth-order valence-electron chi connectivity index (χ4n) is 3.44. The predicted molar refractivity (Wildman–Crippen MR) is 83.7 cm³/mol. The van der Waals surface area contributed by atoms with E-state index in [9.17, 15) is 0 Å². The second-order valence-corrected chi connectivity index (χ2v) is 6.14. The van der Waals surface area contributed by atoms with Crippen LogP contribution in [0.5, 0.6) is 0 Å². The quantitative estimate of drug-likeness (QED) is 0.831. The number of hydrogen-bond donors (Lipinski definition) is 2. The molecule has 19 heavy (non-hydrogen) atoms. The minimum Gasteiger partial charge on any atom is -0.389 e. The zero-order valence-corrected chi connectivity index (χ0v) is 12.2. The van der Waals surface area contributed by atoms with E-state index in [1.165, 1.54) is 37.9 Å². The van der Waals surface area contributed by atoms with Gasteiger partial charge in [-0.25, -0.2) is 0 Å². The first-order valence-corrected chi connectivity index (χ1v) is 7.47. The summed E-state index contributed by atoms with van der Waals surface area (Å²) in [4.78, 5) is 3.08. The van der Waals surface area contributed by atoms with Gasteiger partial charge in [0, 0.05) is 29.9 Å². The Morgan fingerprint density at radius 3 is 3.00 bits per heavy atom. The van der Waals surface area contributed by atoms with Crippen LogP contribution < -0.4 is 11.1 Å². The molecule has 3 N–H and O–H groups in total. The molecule has 3 nitrogen and oxygen atoms in total. The zero-order valence-electron chi connectivity index (χ0n) is 11.4. The van der Waals surface area contributed by atoms with Gasteiger partial charge in [-0.3, -0.25) is 4.90 Å². The highest BCUT2D eigenvalue weighted by Crippen LogP contribution is 2.31. The fraction of sp³-hybridized carbons (Fsp3) is 0.533. The monoisotopic (exact) mass is 275 g/mol. The minimum atomic E-state index is 0.476. The SMILES string of the molecule is Cc1ccc(C(N)=S)c(NC2CCN3CCCC23)c1. The topological polar surface area (TPSA) is 41.3 Å². The van der Waals surface area contributed by atoms with E-state index >= 15 is 0 Å². The number of aryl methyl sites for hydroxylation is 1. The van der Waals surface area contributed by atoms with Crippen LogP contribution in [0.15, 0.2) is 18.2 Å². The average Bonchev–Trinajstić information content (AvgIpc) is 2.94. The maximum absolute atomic E-state index is 5.83. The minimum absolute atomic E-state index is 0.476. The summed E-state index contributed by atoms with van der Waals surface area (Å²) < 4.78 is 0. The highest BCUT2D eigenvalue weighted by molar-refractivity contribution is 7.80. The van der Waals surface area contributed by atoms with E-state index in [4.69, 9.17) is 18.0 Å². The van der Waals surface area contributed by atoms with Crippen molar-refractivity contribution < 1.29 is 0 Å². The summed E-state index contributed by atoms with van der Waals surface area (Å²) in [7, 11) is 0. The molecule has 0 amide bonds. The Labute approximate surface area is 120 Å². The molecular weight excluding hydrogens is 254 g/mol. The van der Waals surface area contributed by atoms with Crippen LogP contribution in [0, 0.1) is 6.92 Å². The Kier molecular flexibility index (Phi) is 3.46. The lowest BCUT2D eigenvalue weighted by Gasteiger charge is -2.23. The smallest absolute Gasteiger partial charge is 0.106 e. The largest absolute Gasteiger partial charge is 0.389 e. The van der Waals surface area contributed by atoms with E-state index < -0.39 is 0 Å². The number of fused-ring (bicyclic) bond motifs is 1.